The lowest BCUT2D eigenvalue weighted by Gasteiger charge is -2.23. The summed E-state index contributed by atoms with van der Waals surface area (Å²) in [6.07, 6.45) is 0.379. The Balaban J connectivity index is 1.51. The van der Waals surface area contributed by atoms with Crippen molar-refractivity contribution in [2.45, 2.75) is 18.9 Å². The van der Waals surface area contributed by atoms with Gasteiger partial charge in [-0.2, -0.15) is 0 Å². The van der Waals surface area contributed by atoms with Gasteiger partial charge < -0.3 is 14.5 Å². The lowest BCUT2D eigenvalue weighted by molar-refractivity contribution is -0.124. The zero-order chi connectivity index (χ0) is 21.4. The number of hydrogen-bond acceptors (Lipinski definition) is 6. The van der Waals surface area contributed by atoms with Crippen LogP contribution in [0.5, 0.6) is 5.75 Å². The van der Waals surface area contributed by atoms with Crippen molar-refractivity contribution in [2.24, 2.45) is 0 Å². The number of nitrogens with one attached hydrogen (secondary N) is 1. The Hall–Kier alpha value is -3.13. The van der Waals surface area contributed by atoms with Crippen LogP contribution in [0, 0.1) is 0 Å². The molecule has 7 nitrogen and oxygen atoms in total. The Morgan fingerprint density at radius 2 is 1.93 bits per heavy atom. The third-order valence-electron chi connectivity index (χ3n) is 5.12. The van der Waals surface area contributed by atoms with Gasteiger partial charge in [-0.15, -0.1) is 0 Å². The smallest absolute Gasteiger partial charge is 0.336 e. The van der Waals surface area contributed by atoms with Crippen molar-refractivity contribution < 1.29 is 22.4 Å². The van der Waals surface area contributed by atoms with E-state index in [2.05, 4.69) is 5.32 Å². The zero-order valence-corrected chi connectivity index (χ0v) is 17.2. The van der Waals surface area contributed by atoms with Crippen LogP contribution in [0.25, 0.3) is 22.1 Å². The van der Waals surface area contributed by atoms with Crippen LogP contribution >= 0.6 is 0 Å². The topological polar surface area (TPSA) is 103 Å². The minimum absolute atomic E-state index is 0.0676. The van der Waals surface area contributed by atoms with Crippen molar-refractivity contribution >= 4 is 26.7 Å². The minimum Gasteiger partial charge on any atom is -0.484 e. The summed E-state index contributed by atoms with van der Waals surface area (Å²) in [6.45, 7) is 1.44. The van der Waals surface area contributed by atoms with Gasteiger partial charge in [-0.05, 0) is 36.6 Å². The second kappa shape index (κ2) is 7.60. The summed E-state index contributed by atoms with van der Waals surface area (Å²) in [5.74, 6) is -0.0443. The number of hydrogen-bond donors (Lipinski definition) is 1. The molecular weight excluding hydrogens is 406 g/mol. The average Bonchev–Trinajstić information content (AvgIpc) is 2.98. The van der Waals surface area contributed by atoms with Crippen LogP contribution in [-0.4, -0.2) is 38.0 Å². The van der Waals surface area contributed by atoms with Crippen molar-refractivity contribution in [3.05, 3.63) is 65.0 Å². The van der Waals surface area contributed by atoms with E-state index in [4.69, 9.17) is 9.15 Å². The number of carbonyl (C=O) groups is 1. The van der Waals surface area contributed by atoms with Gasteiger partial charge in [0.05, 0.1) is 17.0 Å². The number of fused-ring (bicyclic) bond motifs is 1. The molecule has 0 radical (unpaired) electrons. The highest BCUT2D eigenvalue weighted by Gasteiger charge is 2.39. The van der Waals surface area contributed by atoms with Gasteiger partial charge in [0.1, 0.15) is 11.3 Å². The third-order valence-corrected chi connectivity index (χ3v) is 7.02. The van der Waals surface area contributed by atoms with Crippen LogP contribution < -0.4 is 15.7 Å². The van der Waals surface area contributed by atoms with Gasteiger partial charge in [0, 0.05) is 17.5 Å². The molecule has 1 N–H and O–H groups in total. The van der Waals surface area contributed by atoms with Crippen molar-refractivity contribution in [3.63, 3.8) is 0 Å². The predicted molar refractivity (Wildman–Crippen MR) is 113 cm³/mol. The Morgan fingerprint density at radius 1 is 1.17 bits per heavy atom. The van der Waals surface area contributed by atoms with Gasteiger partial charge in [0.15, 0.2) is 16.4 Å². The maximum Gasteiger partial charge on any atom is 0.336 e. The standard InChI is InChI=1S/C22H21NO6S/c1-22(9-10-30(26,27)14-22)23-20(24)13-28-16-7-8-17-18(15-5-3-2-4-6-15)12-21(25)29-19(17)11-16/h2-8,11-12H,9-10,13-14H2,1H3,(H,23,24). The molecule has 0 aliphatic carbocycles. The molecule has 1 atom stereocenters. The van der Waals surface area contributed by atoms with E-state index in [-0.39, 0.29) is 18.1 Å². The first-order valence-electron chi connectivity index (χ1n) is 9.51. The molecule has 30 heavy (non-hydrogen) atoms. The summed E-state index contributed by atoms with van der Waals surface area (Å²) in [4.78, 5) is 24.3. The number of ether oxygens (including phenoxy) is 1. The normalized spacial score (nSPS) is 20.2. The van der Waals surface area contributed by atoms with E-state index in [1.165, 1.54) is 6.07 Å². The summed E-state index contributed by atoms with van der Waals surface area (Å²) in [5, 5.41) is 3.49. The molecule has 4 rings (SSSR count). The van der Waals surface area contributed by atoms with Gasteiger partial charge in [-0.25, -0.2) is 13.2 Å². The lowest BCUT2D eigenvalue weighted by Crippen LogP contribution is -2.48. The summed E-state index contributed by atoms with van der Waals surface area (Å²) in [7, 11) is -3.12. The monoisotopic (exact) mass is 427 g/mol. The Kier molecular flexibility index (Phi) is 5.11. The Bertz CT molecular complexity index is 1270. The van der Waals surface area contributed by atoms with Crippen molar-refractivity contribution in [1.82, 2.24) is 5.32 Å². The van der Waals surface area contributed by atoms with E-state index in [0.29, 0.717) is 17.8 Å². The van der Waals surface area contributed by atoms with E-state index < -0.39 is 26.9 Å². The average molecular weight is 427 g/mol. The van der Waals surface area contributed by atoms with Gasteiger partial charge in [0.2, 0.25) is 0 Å². The maximum absolute atomic E-state index is 12.2. The van der Waals surface area contributed by atoms with Crippen LogP contribution in [0.1, 0.15) is 13.3 Å². The Morgan fingerprint density at radius 3 is 2.63 bits per heavy atom. The first-order valence-corrected chi connectivity index (χ1v) is 11.3. The van der Waals surface area contributed by atoms with Crippen LogP contribution in [-0.2, 0) is 14.6 Å². The van der Waals surface area contributed by atoms with E-state index >= 15 is 0 Å². The molecule has 1 fully saturated rings. The fourth-order valence-corrected chi connectivity index (χ4v) is 5.81. The summed E-state index contributed by atoms with van der Waals surface area (Å²) in [5.41, 5.74) is 0.740. The first kappa shape index (κ1) is 20.2. The molecule has 1 amide bonds. The summed E-state index contributed by atoms with van der Waals surface area (Å²) >= 11 is 0. The number of amides is 1. The molecule has 1 saturated heterocycles. The van der Waals surface area contributed by atoms with E-state index in [1.807, 2.05) is 30.3 Å². The van der Waals surface area contributed by atoms with Crippen LogP contribution in [0.3, 0.4) is 0 Å². The summed E-state index contributed by atoms with van der Waals surface area (Å²) < 4.78 is 34.2. The predicted octanol–water partition coefficient (Wildman–Crippen LogP) is 2.53. The highest BCUT2D eigenvalue weighted by atomic mass is 32.2. The van der Waals surface area contributed by atoms with E-state index in [9.17, 15) is 18.0 Å². The molecule has 2 heterocycles. The number of carbonyl (C=O) groups excluding carboxylic acids is 1. The molecule has 8 heteroatoms. The molecule has 156 valence electrons. The molecule has 1 aliphatic rings. The minimum atomic E-state index is -3.12. The van der Waals surface area contributed by atoms with Gasteiger partial charge in [-0.3, -0.25) is 4.79 Å². The highest BCUT2D eigenvalue weighted by Crippen LogP contribution is 2.29. The lowest BCUT2D eigenvalue weighted by atomic mass is 10.0. The van der Waals surface area contributed by atoms with Crippen LogP contribution in [0.15, 0.2) is 63.8 Å². The SMILES string of the molecule is CC1(NC(=O)COc2ccc3c(-c4ccccc4)cc(=O)oc3c2)CCS(=O)(=O)C1. The molecule has 0 saturated carbocycles. The van der Waals surface area contributed by atoms with E-state index in [0.717, 1.165) is 16.5 Å². The zero-order valence-electron chi connectivity index (χ0n) is 16.4. The fourth-order valence-electron chi connectivity index (χ4n) is 3.72. The number of sulfone groups is 1. The molecule has 1 aromatic heterocycles. The van der Waals surface area contributed by atoms with Gasteiger partial charge >= 0.3 is 5.63 Å². The van der Waals surface area contributed by atoms with Crippen molar-refractivity contribution in [3.8, 4) is 16.9 Å². The highest BCUT2D eigenvalue weighted by molar-refractivity contribution is 7.91. The third kappa shape index (κ3) is 4.38. The quantitative estimate of drug-likeness (QED) is 0.628. The molecule has 0 spiro atoms. The Labute approximate surface area is 173 Å². The van der Waals surface area contributed by atoms with Crippen LogP contribution in [0.4, 0.5) is 0 Å². The van der Waals surface area contributed by atoms with Crippen molar-refractivity contribution in [2.75, 3.05) is 18.1 Å². The number of benzene rings is 2. The second-order valence-corrected chi connectivity index (χ2v) is 9.93. The molecule has 3 aromatic rings. The molecule has 1 aliphatic heterocycles. The van der Waals surface area contributed by atoms with Crippen molar-refractivity contribution in [1.29, 1.82) is 0 Å². The molecular formula is C22H21NO6S. The first-order chi connectivity index (χ1) is 14.2. The largest absolute Gasteiger partial charge is 0.484 e. The number of rotatable bonds is 5. The molecule has 0 bridgehead atoms. The second-order valence-electron chi connectivity index (χ2n) is 7.74. The van der Waals surface area contributed by atoms with Gasteiger partial charge in [-0.1, -0.05) is 30.3 Å². The van der Waals surface area contributed by atoms with Gasteiger partial charge in [0.25, 0.3) is 5.91 Å². The maximum atomic E-state index is 12.2. The molecule has 1 unspecified atom stereocenters. The molecule has 2 aromatic carbocycles. The fraction of sp³-hybridized carbons (Fsp3) is 0.273. The van der Waals surface area contributed by atoms with E-state index in [1.54, 1.807) is 25.1 Å². The van der Waals surface area contributed by atoms with Crippen LogP contribution in [0.2, 0.25) is 0 Å². The summed E-state index contributed by atoms with van der Waals surface area (Å²) in [6, 6.07) is 16.0.